The summed E-state index contributed by atoms with van der Waals surface area (Å²) in [4.78, 5) is 30.2. The van der Waals surface area contributed by atoms with E-state index in [0.717, 1.165) is 36.0 Å². The molecule has 2 heterocycles. The Morgan fingerprint density at radius 2 is 1.93 bits per heavy atom. The van der Waals surface area contributed by atoms with E-state index in [4.69, 9.17) is 4.74 Å². The van der Waals surface area contributed by atoms with Crippen molar-refractivity contribution in [3.05, 3.63) is 64.8 Å². The van der Waals surface area contributed by atoms with Gasteiger partial charge in [-0.3, -0.25) is 9.69 Å². The fraction of sp³-hybridized carbons (Fsp3) is 0.273. The second-order valence-electron chi connectivity index (χ2n) is 7.14. The predicted octanol–water partition coefficient (Wildman–Crippen LogP) is 3.26. The van der Waals surface area contributed by atoms with Gasteiger partial charge in [-0.15, -0.1) is 0 Å². The number of rotatable bonds is 4. The van der Waals surface area contributed by atoms with E-state index >= 15 is 0 Å². The number of ether oxygens (including phenoxy) is 1. The highest BCUT2D eigenvalue weighted by Crippen LogP contribution is 2.31. The predicted molar refractivity (Wildman–Crippen MR) is 108 cm³/mol. The van der Waals surface area contributed by atoms with Crippen LogP contribution in [0.4, 0.5) is 5.69 Å². The third-order valence-corrected chi connectivity index (χ3v) is 5.26. The number of aryl methyl sites for hydroxylation is 1. The molecule has 1 amide bonds. The Balaban J connectivity index is 1.56. The van der Waals surface area contributed by atoms with Gasteiger partial charge in [0.2, 0.25) is 5.91 Å². The van der Waals surface area contributed by atoms with Crippen LogP contribution in [-0.2, 0) is 22.5 Å². The number of hydrogen-bond donors (Lipinski definition) is 2. The first-order chi connectivity index (χ1) is 13.6. The van der Waals surface area contributed by atoms with Gasteiger partial charge in [0.15, 0.2) is 0 Å². The second-order valence-corrected chi connectivity index (χ2v) is 7.14. The van der Waals surface area contributed by atoms with Crippen LogP contribution in [0.5, 0.6) is 0 Å². The Kier molecular flexibility index (Phi) is 4.88. The van der Waals surface area contributed by atoms with Gasteiger partial charge in [0.25, 0.3) is 0 Å². The first-order valence-corrected chi connectivity index (χ1v) is 9.35. The zero-order chi connectivity index (χ0) is 19.7. The van der Waals surface area contributed by atoms with Crippen LogP contribution in [0.2, 0.25) is 0 Å². The summed E-state index contributed by atoms with van der Waals surface area (Å²) in [7, 11) is 1.33. The molecule has 0 spiro atoms. The molecule has 6 heteroatoms. The first-order valence-electron chi connectivity index (χ1n) is 9.35. The molecule has 0 bridgehead atoms. The van der Waals surface area contributed by atoms with Gasteiger partial charge in [-0.25, -0.2) is 4.79 Å². The highest BCUT2D eigenvalue weighted by Gasteiger charge is 2.23. The summed E-state index contributed by atoms with van der Waals surface area (Å²) in [6.45, 7) is 3.81. The summed E-state index contributed by atoms with van der Waals surface area (Å²) >= 11 is 0. The number of methoxy groups -OCH3 is 1. The molecule has 1 aliphatic heterocycles. The number of esters is 1. The van der Waals surface area contributed by atoms with Gasteiger partial charge >= 0.3 is 5.97 Å². The monoisotopic (exact) mass is 377 g/mol. The number of carbonyl (C=O) groups excluding carboxylic acids is 2. The number of fused-ring (bicyclic) bond motifs is 2. The standard InChI is InChI=1S/C22H23N3O3/c1-14-6-5-9-17-19(14)20(21(23-17)22(27)28-2)24-18(26)13-25-11-10-15-7-3-4-8-16(15)12-25/h3-9,23H,10-13H2,1-2H3,(H,24,26). The summed E-state index contributed by atoms with van der Waals surface area (Å²) in [6.07, 6.45) is 0.934. The zero-order valence-electron chi connectivity index (χ0n) is 16.0. The third-order valence-electron chi connectivity index (χ3n) is 5.26. The van der Waals surface area contributed by atoms with Gasteiger partial charge in [0.05, 0.1) is 19.3 Å². The number of nitrogens with zero attached hydrogens (tertiary/aromatic N) is 1. The molecule has 3 aromatic rings. The molecule has 0 unspecified atom stereocenters. The van der Waals surface area contributed by atoms with Crippen LogP contribution >= 0.6 is 0 Å². The van der Waals surface area contributed by atoms with Crippen molar-refractivity contribution in [2.24, 2.45) is 0 Å². The van der Waals surface area contributed by atoms with E-state index in [2.05, 4.69) is 33.4 Å². The lowest BCUT2D eigenvalue weighted by molar-refractivity contribution is -0.117. The van der Waals surface area contributed by atoms with Crippen LogP contribution in [0, 0.1) is 6.92 Å². The minimum Gasteiger partial charge on any atom is -0.464 e. The number of anilines is 1. The highest BCUT2D eigenvalue weighted by atomic mass is 16.5. The topological polar surface area (TPSA) is 74.4 Å². The van der Waals surface area contributed by atoms with Crippen molar-refractivity contribution in [1.29, 1.82) is 0 Å². The Morgan fingerprint density at radius 3 is 2.71 bits per heavy atom. The average molecular weight is 377 g/mol. The van der Waals surface area contributed by atoms with Crippen LogP contribution in [0.3, 0.4) is 0 Å². The summed E-state index contributed by atoms with van der Waals surface area (Å²) < 4.78 is 4.89. The Hall–Kier alpha value is -3.12. The van der Waals surface area contributed by atoms with Gasteiger partial charge in [-0.1, -0.05) is 36.4 Å². The minimum absolute atomic E-state index is 0.145. The molecule has 0 radical (unpaired) electrons. The van der Waals surface area contributed by atoms with Crippen molar-refractivity contribution in [3.63, 3.8) is 0 Å². The van der Waals surface area contributed by atoms with E-state index in [0.29, 0.717) is 5.69 Å². The van der Waals surface area contributed by atoms with Crippen LogP contribution in [0.15, 0.2) is 42.5 Å². The van der Waals surface area contributed by atoms with Crippen molar-refractivity contribution >= 4 is 28.5 Å². The summed E-state index contributed by atoms with van der Waals surface area (Å²) in [6, 6.07) is 14.1. The van der Waals surface area contributed by atoms with E-state index in [1.165, 1.54) is 18.2 Å². The van der Waals surface area contributed by atoms with Crippen LogP contribution < -0.4 is 5.32 Å². The van der Waals surface area contributed by atoms with E-state index in [1.807, 2.05) is 31.2 Å². The number of amides is 1. The van der Waals surface area contributed by atoms with Gasteiger partial charge in [0, 0.05) is 24.0 Å². The van der Waals surface area contributed by atoms with Gasteiger partial charge in [0.1, 0.15) is 5.69 Å². The molecular weight excluding hydrogens is 354 g/mol. The van der Waals surface area contributed by atoms with Gasteiger partial charge in [-0.2, -0.15) is 0 Å². The maximum atomic E-state index is 12.8. The third kappa shape index (κ3) is 3.39. The van der Waals surface area contributed by atoms with E-state index in [1.54, 1.807) is 0 Å². The normalized spacial score (nSPS) is 13.9. The quantitative estimate of drug-likeness (QED) is 0.685. The molecule has 0 atom stereocenters. The second kappa shape index (κ2) is 7.48. The fourth-order valence-corrected chi connectivity index (χ4v) is 3.88. The summed E-state index contributed by atoms with van der Waals surface area (Å²) in [5.74, 6) is -0.647. The molecule has 2 N–H and O–H groups in total. The molecule has 0 saturated carbocycles. The van der Waals surface area contributed by atoms with Crippen molar-refractivity contribution in [2.45, 2.75) is 19.9 Å². The number of aromatic nitrogens is 1. The van der Waals surface area contributed by atoms with E-state index in [9.17, 15) is 9.59 Å². The maximum Gasteiger partial charge on any atom is 0.356 e. The lowest BCUT2D eigenvalue weighted by Gasteiger charge is -2.28. The Bertz CT molecular complexity index is 1050. The number of hydrogen-bond acceptors (Lipinski definition) is 4. The lowest BCUT2D eigenvalue weighted by atomic mass is 10.00. The van der Waals surface area contributed by atoms with Crippen molar-refractivity contribution in [1.82, 2.24) is 9.88 Å². The fourth-order valence-electron chi connectivity index (χ4n) is 3.88. The summed E-state index contributed by atoms with van der Waals surface area (Å²) in [5.41, 5.74) is 5.14. The molecule has 144 valence electrons. The van der Waals surface area contributed by atoms with Crippen LogP contribution in [-0.4, -0.2) is 42.0 Å². The zero-order valence-corrected chi connectivity index (χ0v) is 16.0. The summed E-state index contributed by atoms with van der Waals surface area (Å²) in [5, 5.41) is 3.78. The van der Waals surface area contributed by atoms with E-state index < -0.39 is 5.97 Å². The lowest BCUT2D eigenvalue weighted by Crippen LogP contribution is -2.37. The molecule has 1 aliphatic rings. The molecule has 4 rings (SSSR count). The number of carbonyl (C=O) groups is 2. The molecule has 28 heavy (non-hydrogen) atoms. The van der Waals surface area contributed by atoms with Gasteiger partial charge < -0.3 is 15.0 Å². The molecule has 2 aromatic carbocycles. The Morgan fingerprint density at radius 1 is 1.14 bits per heavy atom. The Labute approximate surface area is 163 Å². The smallest absolute Gasteiger partial charge is 0.356 e. The maximum absolute atomic E-state index is 12.8. The molecule has 0 fully saturated rings. The average Bonchev–Trinajstić information content (AvgIpc) is 3.06. The van der Waals surface area contributed by atoms with Crippen molar-refractivity contribution < 1.29 is 14.3 Å². The van der Waals surface area contributed by atoms with Crippen molar-refractivity contribution in [2.75, 3.05) is 25.5 Å². The number of H-pyrrole nitrogens is 1. The number of aromatic amines is 1. The number of nitrogens with one attached hydrogen (secondary N) is 2. The number of benzene rings is 2. The van der Waals surface area contributed by atoms with Crippen LogP contribution in [0.25, 0.3) is 10.9 Å². The SMILES string of the molecule is COC(=O)c1[nH]c2cccc(C)c2c1NC(=O)CN1CCc2ccccc2C1. The molecule has 1 aromatic heterocycles. The highest BCUT2D eigenvalue weighted by molar-refractivity contribution is 6.12. The van der Waals surface area contributed by atoms with E-state index in [-0.39, 0.29) is 18.1 Å². The van der Waals surface area contributed by atoms with Crippen LogP contribution in [0.1, 0.15) is 27.2 Å². The molecule has 0 saturated heterocycles. The largest absolute Gasteiger partial charge is 0.464 e. The molecule has 0 aliphatic carbocycles. The van der Waals surface area contributed by atoms with Crippen molar-refractivity contribution in [3.8, 4) is 0 Å². The molecule has 6 nitrogen and oxygen atoms in total. The molecular formula is C22H23N3O3. The minimum atomic E-state index is -0.502. The first kappa shape index (κ1) is 18.3. The van der Waals surface area contributed by atoms with Gasteiger partial charge in [-0.05, 0) is 36.1 Å².